The fraction of sp³-hybridized carbons (Fsp3) is 0.0476. The van der Waals surface area contributed by atoms with Crippen LogP contribution in [0.4, 0.5) is 0 Å². The van der Waals surface area contributed by atoms with E-state index >= 15 is 0 Å². The second-order valence-electron chi connectivity index (χ2n) is 5.93. The van der Waals surface area contributed by atoms with Crippen LogP contribution in [0.25, 0.3) is 21.7 Å². The van der Waals surface area contributed by atoms with E-state index in [-0.39, 0.29) is 11.5 Å². The van der Waals surface area contributed by atoms with Crippen molar-refractivity contribution in [1.82, 2.24) is 4.98 Å². The minimum absolute atomic E-state index is 0.0105. The summed E-state index contributed by atoms with van der Waals surface area (Å²) in [6.07, 6.45) is 1.57. The third-order valence-corrected chi connectivity index (χ3v) is 4.25. The van der Waals surface area contributed by atoms with E-state index in [1.54, 1.807) is 24.4 Å². The molecule has 0 bridgehead atoms. The SMILES string of the molecule is Cc1ccc(O)c(C(=O)c2cnc3ccc4ccccc4c3c2)c1. The van der Waals surface area contributed by atoms with Crippen LogP contribution in [0.5, 0.6) is 5.75 Å². The van der Waals surface area contributed by atoms with Crippen molar-refractivity contribution in [2.24, 2.45) is 0 Å². The fourth-order valence-corrected chi connectivity index (χ4v) is 2.99. The highest BCUT2D eigenvalue weighted by Gasteiger charge is 2.15. The van der Waals surface area contributed by atoms with E-state index in [1.807, 2.05) is 49.4 Å². The predicted octanol–water partition coefficient (Wildman–Crippen LogP) is 4.63. The molecule has 1 aromatic heterocycles. The van der Waals surface area contributed by atoms with E-state index in [0.29, 0.717) is 11.1 Å². The van der Waals surface area contributed by atoms with E-state index in [1.165, 1.54) is 0 Å². The van der Waals surface area contributed by atoms with Gasteiger partial charge in [-0.25, -0.2) is 0 Å². The maximum absolute atomic E-state index is 12.8. The lowest BCUT2D eigenvalue weighted by Crippen LogP contribution is -2.03. The quantitative estimate of drug-likeness (QED) is 0.433. The maximum atomic E-state index is 12.8. The Morgan fingerprint density at radius 1 is 0.958 bits per heavy atom. The van der Waals surface area contributed by atoms with Gasteiger partial charge >= 0.3 is 0 Å². The first-order valence-electron chi connectivity index (χ1n) is 7.75. The summed E-state index contributed by atoms with van der Waals surface area (Å²) >= 11 is 0. The molecular weight excluding hydrogens is 298 g/mol. The highest BCUT2D eigenvalue weighted by atomic mass is 16.3. The molecule has 3 heteroatoms. The third-order valence-electron chi connectivity index (χ3n) is 4.25. The van der Waals surface area contributed by atoms with Gasteiger partial charge in [-0.2, -0.15) is 0 Å². The minimum Gasteiger partial charge on any atom is -0.507 e. The second-order valence-corrected chi connectivity index (χ2v) is 5.93. The number of benzene rings is 3. The fourth-order valence-electron chi connectivity index (χ4n) is 2.99. The Morgan fingerprint density at radius 2 is 1.79 bits per heavy atom. The Balaban J connectivity index is 1.92. The molecule has 4 rings (SSSR count). The van der Waals surface area contributed by atoms with Crippen molar-refractivity contribution in [3.63, 3.8) is 0 Å². The molecule has 0 fully saturated rings. The number of rotatable bonds is 2. The van der Waals surface area contributed by atoms with Crippen molar-refractivity contribution in [2.75, 3.05) is 0 Å². The van der Waals surface area contributed by atoms with Gasteiger partial charge in [0, 0.05) is 17.1 Å². The van der Waals surface area contributed by atoms with Crippen molar-refractivity contribution in [2.45, 2.75) is 6.92 Å². The van der Waals surface area contributed by atoms with Gasteiger partial charge in [-0.1, -0.05) is 42.0 Å². The molecular formula is C21H15NO2. The highest BCUT2D eigenvalue weighted by Crippen LogP contribution is 2.27. The van der Waals surface area contributed by atoms with Gasteiger partial charge in [-0.05, 0) is 42.0 Å². The van der Waals surface area contributed by atoms with Crippen LogP contribution in [0.3, 0.4) is 0 Å². The molecule has 1 N–H and O–H groups in total. The normalized spacial score (nSPS) is 11.0. The van der Waals surface area contributed by atoms with Crippen LogP contribution in [0.15, 0.2) is 66.9 Å². The molecule has 0 amide bonds. The zero-order chi connectivity index (χ0) is 16.7. The van der Waals surface area contributed by atoms with Gasteiger partial charge in [-0.15, -0.1) is 0 Å². The van der Waals surface area contributed by atoms with Crippen LogP contribution >= 0.6 is 0 Å². The molecule has 4 aromatic rings. The summed E-state index contributed by atoms with van der Waals surface area (Å²) in [7, 11) is 0. The van der Waals surface area contributed by atoms with Gasteiger partial charge in [0.05, 0.1) is 11.1 Å². The van der Waals surface area contributed by atoms with Crippen LogP contribution in [0.1, 0.15) is 21.5 Å². The molecule has 0 aliphatic rings. The molecule has 116 valence electrons. The lowest BCUT2D eigenvalue weighted by molar-refractivity contribution is 0.103. The maximum Gasteiger partial charge on any atom is 0.198 e. The van der Waals surface area contributed by atoms with Crippen molar-refractivity contribution in [3.8, 4) is 5.75 Å². The van der Waals surface area contributed by atoms with Gasteiger partial charge in [0.1, 0.15) is 5.75 Å². The minimum atomic E-state index is -0.224. The lowest BCUT2D eigenvalue weighted by Gasteiger charge is -2.08. The van der Waals surface area contributed by atoms with Crippen molar-refractivity contribution >= 4 is 27.5 Å². The third kappa shape index (κ3) is 2.31. The lowest BCUT2D eigenvalue weighted by atomic mass is 9.99. The number of carbonyl (C=O) groups excluding carboxylic acids is 1. The summed E-state index contributed by atoms with van der Waals surface area (Å²) in [5.41, 5.74) is 2.55. The zero-order valence-corrected chi connectivity index (χ0v) is 13.2. The average Bonchev–Trinajstić information content (AvgIpc) is 2.62. The Bertz CT molecular complexity index is 1100. The number of ketones is 1. The smallest absolute Gasteiger partial charge is 0.198 e. The number of aromatic nitrogens is 1. The number of phenols is 1. The van der Waals surface area contributed by atoms with E-state index in [4.69, 9.17) is 0 Å². The van der Waals surface area contributed by atoms with Gasteiger partial charge in [0.2, 0.25) is 0 Å². The molecule has 3 nitrogen and oxygen atoms in total. The average molecular weight is 313 g/mol. The van der Waals surface area contributed by atoms with Crippen LogP contribution < -0.4 is 0 Å². The Labute approximate surface area is 139 Å². The first-order chi connectivity index (χ1) is 11.6. The van der Waals surface area contributed by atoms with Crippen LogP contribution in [-0.2, 0) is 0 Å². The van der Waals surface area contributed by atoms with Crippen LogP contribution in [0.2, 0.25) is 0 Å². The van der Waals surface area contributed by atoms with Gasteiger partial charge < -0.3 is 5.11 Å². The van der Waals surface area contributed by atoms with E-state index < -0.39 is 0 Å². The van der Waals surface area contributed by atoms with Crippen LogP contribution in [-0.4, -0.2) is 15.9 Å². The number of pyridine rings is 1. The summed E-state index contributed by atoms with van der Waals surface area (Å²) in [5.74, 6) is -0.234. The number of carbonyl (C=O) groups is 1. The summed E-state index contributed by atoms with van der Waals surface area (Å²) in [6, 6.07) is 18.9. The molecule has 0 unspecified atom stereocenters. The Morgan fingerprint density at radius 3 is 2.67 bits per heavy atom. The number of aryl methyl sites for hydroxylation is 1. The summed E-state index contributed by atoms with van der Waals surface area (Å²) in [6.45, 7) is 1.89. The predicted molar refractivity (Wildman–Crippen MR) is 95.5 cm³/mol. The van der Waals surface area contributed by atoms with Crippen LogP contribution in [0, 0.1) is 6.92 Å². The molecule has 24 heavy (non-hydrogen) atoms. The molecule has 0 aliphatic heterocycles. The number of hydrogen-bond donors (Lipinski definition) is 1. The van der Waals surface area contributed by atoms with Gasteiger partial charge in [0.25, 0.3) is 0 Å². The molecule has 0 saturated carbocycles. The monoisotopic (exact) mass is 313 g/mol. The van der Waals surface area contributed by atoms with Crippen molar-refractivity contribution in [3.05, 3.63) is 83.6 Å². The molecule has 0 aliphatic carbocycles. The largest absolute Gasteiger partial charge is 0.507 e. The number of phenolic OH excluding ortho intramolecular Hbond substituents is 1. The first-order valence-corrected chi connectivity index (χ1v) is 7.75. The summed E-state index contributed by atoms with van der Waals surface area (Å²) in [4.78, 5) is 17.2. The number of fused-ring (bicyclic) bond motifs is 3. The van der Waals surface area contributed by atoms with Gasteiger partial charge in [-0.3, -0.25) is 9.78 Å². The van der Waals surface area contributed by atoms with E-state index in [2.05, 4.69) is 4.98 Å². The molecule has 0 radical (unpaired) electrons. The Kier molecular flexibility index (Phi) is 3.28. The molecule has 0 saturated heterocycles. The van der Waals surface area contributed by atoms with E-state index in [9.17, 15) is 9.90 Å². The molecule has 0 spiro atoms. The summed E-state index contributed by atoms with van der Waals surface area (Å²) in [5, 5.41) is 13.1. The van der Waals surface area contributed by atoms with E-state index in [0.717, 1.165) is 27.2 Å². The molecule has 3 aromatic carbocycles. The standard InChI is InChI=1S/C21H15NO2/c1-13-6-9-20(23)18(10-13)21(24)15-11-17-16-5-3-2-4-14(16)7-8-19(17)22-12-15/h2-12,23H,1H3. The van der Waals surface area contributed by atoms with Crippen molar-refractivity contribution < 1.29 is 9.90 Å². The summed E-state index contributed by atoms with van der Waals surface area (Å²) < 4.78 is 0. The molecule has 1 heterocycles. The number of nitrogens with zero attached hydrogens (tertiary/aromatic N) is 1. The zero-order valence-electron chi connectivity index (χ0n) is 13.2. The topological polar surface area (TPSA) is 50.2 Å². The second kappa shape index (κ2) is 5.46. The highest BCUT2D eigenvalue weighted by molar-refractivity contribution is 6.14. The Hall–Kier alpha value is -3.20. The first kappa shape index (κ1) is 14.4. The number of hydrogen-bond acceptors (Lipinski definition) is 3. The van der Waals surface area contributed by atoms with Gasteiger partial charge in [0.15, 0.2) is 5.78 Å². The molecule has 0 atom stereocenters. The van der Waals surface area contributed by atoms with Crippen molar-refractivity contribution in [1.29, 1.82) is 0 Å². The number of aromatic hydroxyl groups is 1.